The molecule has 1 aromatic heterocycles. The summed E-state index contributed by atoms with van der Waals surface area (Å²) < 4.78 is 0. The van der Waals surface area contributed by atoms with Gasteiger partial charge in [0.2, 0.25) is 0 Å². The number of hydrogen-bond acceptors (Lipinski definition) is 4. The fourth-order valence-electron chi connectivity index (χ4n) is 1.47. The van der Waals surface area contributed by atoms with Crippen LogP contribution in [0, 0.1) is 0 Å². The topological polar surface area (TPSA) is 70.6 Å². The molecule has 2 N–H and O–H groups in total. The van der Waals surface area contributed by atoms with Gasteiger partial charge in [-0.25, -0.2) is 5.43 Å². The lowest BCUT2D eigenvalue weighted by atomic mass is 10.2. The number of carbonyl (C=O) groups excluding carboxylic acids is 2. The van der Waals surface area contributed by atoms with E-state index in [2.05, 4.69) is 15.8 Å². The summed E-state index contributed by atoms with van der Waals surface area (Å²) in [4.78, 5) is 24.3. The van der Waals surface area contributed by atoms with E-state index in [9.17, 15) is 9.59 Å². The Morgan fingerprint density at radius 3 is 2.76 bits per heavy atom. The van der Waals surface area contributed by atoms with E-state index in [1.807, 2.05) is 17.5 Å². The fourth-order valence-corrected chi connectivity index (χ4v) is 2.28. The van der Waals surface area contributed by atoms with Gasteiger partial charge in [-0.2, -0.15) is 5.10 Å². The van der Waals surface area contributed by atoms with Gasteiger partial charge in [-0.1, -0.05) is 29.8 Å². The maximum atomic E-state index is 11.8. The molecule has 0 radical (unpaired) electrons. The van der Waals surface area contributed by atoms with Gasteiger partial charge in [0, 0.05) is 4.88 Å². The normalized spacial score (nSPS) is 10.5. The third kappa shape index (κ3) is 4.70. The molecule has 2 rings (SSSR count). The minimum Gasteiger partial charge on any atom is -0.343 e. The highest BCUT2D eigenvalue weighted by Crippen LogP contribution is 2.14. The molecular weight excluding hydrogens is 310 g/mol. The average molecular weight is 322 g/mol. The summed E-state index contributed by atoms with van der Waals surface area (Å²) >= 11 is 7.40. The number of benzene rings is 1. The standard InChI is InChI=1S/C14H12ClN3O2S/c15-12-6-2-1-5-11(12)14(20)16-9-13(19)18-17-8-10-4-3-7-21-10/h1-8H,9H2,(H,16,20)(H,18,19). The Balaban J connectivity index is 1.79. The predicted molar refractivity (Wildman–Crippen MR) is 83.8 cm³/mol. The molecule has 0 unspecified atom stereocenters. The monoisotopic (exact) mass is 321 g/mol. The van der Waals surface area contributed by atoms with E-state index in [0.717, 1.165) is 4.88 Å². The molecule has 0 saturated carbocycles. The molecule has 0 atom stereocenters. The van der Waals surface area contributed by atoms with Gasteiger partial charge in [0.1, 0.15) is 0 Å². The SMILES string of the molecule is O=C(CNC(=O)c1ccccc1Cl)NN=Cc1cccs1. The molecule has 1 heterocycles. The minimum absolute atomic E-state index is 0.175. The van der Waals surface area contributed by atoms with Gasteiger partial charge in [0.25, 0.3) is 11.8 Å². The summed E-state index contributed by atoms with van der Waals surface area (Å²) in [7, 11) is 0. The van der Waals surface area contributed by atoms with Gasteiger partial charge in [-0.3, -0.25) is 9.59 Å². The molecule has 0 saturated heterocycles. The molecule has 0 aliphatic heterocycles. The Bertz CT molecular complexity index is 656. The number of nitrogens with zero attached hydrogens (tertiary/aromatic N) is 1. The molecule has 0 aliphatic rings. The third-order valence-electron chi connectivity index (χ3n) is 2.45. The molecule has 0 aliphatic carbocycles. The van der Waals surface area contributed by atoms with Gasteiger partial charge in [-0.15, -0.1) is 11.3 Å². The van der Waals surface area contributed by atoms with Crippen LogP contribution in [-0.4, -0.2) is 24.6 Å². The molecule has 108 valence electrons. The summed E-state index contributed by atoms with van der Waals surface area (Å²) in [5, 5.41) is 8.52. The number of hydrazone groups is 1. The van der Waals surface area contributed by atoms with Crippen LogP contribution in [0.3, 0.4) is 0 Å². The zero-order chi connectivity index (χ0) is 15.1. The van der Waals surface area contributed by atoms with Crippen LogP contribution in [0.2, 0.25) is 5.02 Å². The van der Waals surface area contributed by atoms with Crippen molar-refractivity contribution in [2.75, 3.05) is 6.54 Å². The highest BCUT2D eigenvalue weighted by molar-refractivity contribution is 7.11. The number of amides is 2. The summed E-state index contributed by atoms with van der Waals surface area (Å²) in [6.07, 6.45) is 1.54. The van der Waals surface area contributed by atoms with Crippen molar-refractivity contribution in [3.8, 4) is 0 Å². The van der Waals surface area contributed by atoms with Gasteiger partial charge in [0.15, 0.2) is 0 Å². The van der Waals surface area contributed by atoms with Crippen LogP contribution in [0.25, 0.3) is 0 Å². The van der Waals surface area contributed by atoms with E-state index in [-0.39, 0.29) is 6.54 Å². The Morgan fingerprint density at radius 2 is 2.05 bits per heavy atom. The van der Waals surface area contributed by atoms with Crippen LogP contribution >= 0.6 is 22.9 Å². The third-order valence-corrected chi connectivity index (χ3v) is 3.59. The van der Waals surface area contributed by atoms with Crippen molar-refractivity contribution < 1.29 is 9.59 Å². The molecular formula is C14H12ClN3O2S. The largest absolute Gasteiger partial charge is 0.343 e. The van der Waals surface area contributed by atoms with Gasteiger partial charge in [0.05, 0.1) is 23.3 Å². The first-order valence-corrected chi connectivity index (χ1v) is 7.30. The molecule has 7 heteroatoms. The predicted octanol–water partition coefficient (Wildman–Crippen LogP) is 2.28. The molecule has 21 heavy (non-hydrogen) atoms. The highest BCUT2D eigenvalue weighted by Gasteiger charge is 2.10. The van der Waals surface area contributed by atoms with E-state index in [1.165, 1.54) is 11.3 Å². The second kappa shape index (κ2) is 7.56. The van der Waals surface area contributed by atoms with Crippen molar-refractivity contribution in [2.24, 2.45) is 5.10 Å². The van der Waals surface area contributed by atoms with Crippen LogP contribution in [0.1, 0.15) is 15.2 Å². The van der Waals surface area contributed by atoms with Gasteiger partial charge in [-0.05, 0) is 23.6 Å². The lowest BCUT2D eigenvalue weighted by molar-refractivity contribution is -0.120. The Hall–Kier alpha value is -2.18. The molecule has 0 bridgehead atoms. The second-order valence-electron chi connectivity index (χ2n) is 3.97. The lowest BCUT2D eigenvalue weighted by Gasteiger charge is -2.05. The number of thiophene rings is 1. The zero-order valence-electron chi connectivity index (χ0n) is 10.9. The van der Waals surface area contributed by atoms with Crippen molar-refractivity contribution in [1.82, 2.24) is 10.7 Å². The smallest absolute Gasteiger partial charge is 0.259 e. The van der Waals surface area contributed by atoms with E-state index >= 15 is 0 Å². The first-order valence-electron chi connectivity index (χ1n) is 6.05. The van der Waals surface area contributed by atoms with Crippen LogP contribution < -0.4 is 10.7 Å². The number of carbonyl (C=O) groups is 2. The number of hydrogen-bond donors (Lipinski definition) is 2. The first kappa shape index (κ1) is 15.2. The van der Waals surface area contributed by atoms with Crippen LogP contribution in [-0.2, 0) is 4.79 Å². The second-order valence-corrected chi connectivity index (χ2v) is 5.36. The molecule has 0 fully saturated rings. The maximum absolute atomic E-state index is 11.8. The Morgan fingerprint density at radius 1 is 1.24 bits per heavy atom. The van der Waals surface area contributed by atoms with Crippen molar-refractivity contribution in [2.45, 2.75) is 0 Å². The zero-order valence-corrected chi connectivity index (χ0v) is 12.4. The van der Waals surface area contributed by atoms with Crippen LogP contribution in [0.15, 0.2) is 46.9 Å². The molecule has 0 spiro atoms. The summed E-state index contributed by atoms with van der Waals surface area (Å²) in [5.41, 5.74) is 2.66. The lowest BCUT2D eigenvalue weighted by Crippen LogP contribution is -2.35. The Labute approximate surface area is 130 Å². The number of halogens is 1. The average Bonchev–Trinajstić information content (AvgIpc) is 2.98. The van der Waals surface area contributed by atoms with E-state index < -0.39 is 11.8 Å². The summed E-state index contributed by atoms with van der Waals surface area (Å²) in [6.45, 7) is -0.175. The molecule has 1 aromatic carbocycles. The number of nitrogens with one attached hydrogen (secondary N) is 2. The fraction of sp³-hybridized carbons (Fsp3) is 0.0714. The Kier molecular flexibility index (Phi) is 5.48. The number of rotatable bonds is 5. The molecule has 2 amide bonds. The van der Waals surface area contributed by atoms with E-state index in [0.29, 0.717) is 10.6 Å². The van der Waals surface area contributed by atoms with E-state index in [4.69, 9.17) is 11.6 Å². The highest BCUT2D eigenvalue weighted by atomic mass is 35.5. The minimum atomic E-state index is -0.414. The van der Waals surface area contributed by atoms with Crippen LogP contribution in [0.5, 0.6) is 0 Å². The summed E-state index contributed by atoms with van der Waals surface area (Å²) in [5.74, 6) is -0.818. The van der Waals surface area contributed by atoms with E-state index in [1.54, 1.807) is 30.5 Å². The van der Waals surface area contributed by atoms with Crippen molar-refractivity contribution in [1.29, 1.82) is 0 Å². The quantitative estimate of drug-likeness (QED) is 0.655. The van der Waals surface area contributed by atoms with Gasteiger partial charge >= 0.3 is 0 Å². The first-order chi connectivity index (χ1) is 10.2. The molecule has 2 aromatic rings. The molecule has 5 nitrogen and oxygen atoms in total. The van der Waals surface area contributed by atoms with Crippen molar-refractivity contribution in [3.63, 3.8) is 0 Å². The van der Waals surface area contributed by atoms with Crippen molar-refractivity contribution >= 4 is 41.0 Å². The van der Waals surface area contributed by atoms with Gasteiger partial charge < -0.3 is 5.32 Å². The maximum Gasteiger partial charge on any atom is 0.259 e. The van der Waals surface area contributed by atoms with Crippen molar-refractivity contribution in [3.05, 3.63) is 57.2 Å². The summed E-state index contributed by atoms with van der Waals surface area (Å²) in [6, 6.07) is 10.4. The van der Waals surface area contributed by atoms with Crippen LogP contribution in [0.4, 0.5) is 0 Å².